The SMILES string of the molecule is CCCC(C)CCCCOC(=O)C1CCCCC1C(=O)OCCCCC(C)CCC. The maximum Gasteiger partial charge on any atom is 0.309 e. The summed E-state index contributed by atoms with van der Waals surface area (Å²) < 4.78 is 11.1. The molecule has 30 heavy (non-hydrogen) atoms. The van der Waals surface area contributed by atoms with E-state index in [9.17, 15) is 9.59 Å². The Morgan fingerprint density at radius 2 is 1.10 bits per heavy atom. The summed E-state index contributed by atoms with van der Waals surface area (Å²) in [5.41, 5.74) is 0. The predicted molar refractivity (Wildman–Crippen MR) is 123 cm³/mol. The highest BCUT2D eigenvalue weighted by atomic mass is 16.5. The van der Waals surface area contributed by atoms with Crippen LogP contribution in [-0.4, -0.2) is 25.2 Å². The van der Waals surface area contributed by atoms with E-state index in [2.05, 4.69) is 27.7 Å². The molecule has 0 heterocycles. The molecule has 0 saturated heterocycles. The average Bonchev–Trinajstić information content (AvgIpc) is 2.73. The van der Waals surface area contributed by atoms with Gasteiger partial charge in [-0.05, 0) is 50.4 Å². The molecule has 176 valence electrons. The largest absolute Gasteiger partial charge is 0.465 e. The molecule has 0 bridgehead atoms. The van der Waals surface area contributed by atoms with Gasteiger partial charge in [0.1, 0.15) is 0 Å². The molecule has 0 aromatic rings. The van der Waals surface area contributed by atoms with Gasteiger partial charge in [0.15, 0.2) is 0 Å². The standard InChI is InChI=1S/C26H48O4/c1-5-13-21(3)15-9-11-19-29-25(27)23-17-7-8-18-24(23)26(28)30-20-12-10-16-22(4)14-6-2/h21-24H,5-20H2,1-4H3. The Hall–Kier alpha value is -1.06. The minimum absolute atomic E-state index is 0.188. The van der Waals surface area contributed by atoms with E-state index < -0.39 is 0 Å². The number of hydrogen-bond acceptors (Lipinski definition) is 4. The zero-order valence-electron chi connectivity index (χ0n) is 20.3. The first-order chi connectivity index (χ1) is 14.5. The third kappa shape index (κ3) is 11.4. The van der Waals surface area contributed by atoms with Crippen molar-refractivity contribution in [3.63, 3.8) is 0 Å². The molecule has 4 nitrogen and oxygen atoms in total. The first-order valence-electron chi connectivity index (χ1n) is 12.8. The number of rotatable bonds is 16. The van der Waals surface area contributed by atoms with E-state index in [1.807, 2.05) is 0 Å². The molecule has 0 N–H and O–H groups in total. The number of unbranched alkanes of at least 4 members (excludes halogenated alkanes) is 2. The smallest absolute Gasteiger partial charge is 0.309 e. The minimum atomic E-state index is -0.310. The highest BCUT2D eigenvalue weighted by Gasteiger charge is 2.37. The summed E-state index contributed by atoms with van der Waals surface area (Å²) in [7, 11) is 0. The Labute approximate surface area is 185 Å². The molecule has 4 atom stereocenters. The quantitative estimate of drug-likeness (QED) is 0.196. The van der Waals surface area contributed by atoms with Crippen molar-refractivity contribution < 1.29 is 19.1 Å². The molecule has 1 saturated carbocycles. The fraction of sp³-hybridized carbons (Fsp3) is 0.923. The van der Waals surface area contributed by atoms with Crippen LogP contribution < -0.4 is 0 Å². The van der Waals surface area contributed by atoms with Gasteiger partial charge in [-0.1, -0.05) is 79.1 Å². The molecule has 1 aliphatic rings. The highest BCUT2D eigenvalue weighted by Crippen LogP contribution is 2.32. The molecule has 1 rings (SSSR count). The topological polar surface area (TPSA) is 52.6 Å². The third-order valence-corrected chi connectivity index (χ3v) is 6.61. The van der Waals surface area contributed by atoms with Crippen molar-refractivity contribution in [2.24, 2.45) is 23.7 Å². The number of hydrogen-bond donors (Lipinski definition) is 0. The molecule has 0 aromatic carbocycles. The molecule has 0 aromatic heterocycles. The molecule has 4 heteroatoms. The first kappa shape index (κ1) is 27.0. The van der Waals surface area contributed by atoms with Crippen molar-refractivity contribution in [3.8, 4) is 0 Å². The van der Waals surface area contributed by atoms with Gasteiger partial charge in [0.2, 0.25) is 0 Å². The van der Waals surface area contributed by atoms with Gasteiger partial charge in [0.05, 0.1) is 25.0 Å². The van der Waals surface area contributed by atoms with Crippen LogP contribution in [0.2, 0.25) is 0 Å². The van der Waals surface area contributed by atoms with Crippen LogP contribution in [0.25, 0.3) is 0 Å². The second-order valence-electron chi connectivity index (χ2n) is 9.61. The second kappa shape index (κ2) is 16.6. The number of ether oxygens (including phenoxy) is 2. The maximum absolute atomic E-state index is 12.6. The Morgan fingerprint density at radius 3 is 1.47 bits per heavy atom. The van der Waals surface area contributed by atoms with Crippen LogP contribution in [-0.2, 0) is 19.1 Å². The van der Waals surface area contributed by atoms with Gasteiger partial charge in [-0.2, -0.15) is 0 Å². The number of carbonyl (C=O) groups is 2. The van der Waals surface area contributed by atoms with E-state index >= 15 is 0 Å². The molecule has 0 radical (unpaired) electrons. The van der Waals surface area contributed by atoms with Crippen LogP contribution in [0.4, 0.5) is 0 Å². The summed E-state index contributed by atoms with van der Waals surface area (Å²) in [6.07, 6.45) is 14.9. The van der Waals surface area contributed by atoms with Crippen molar-refractivity contribution in [3.05, 3.63) is 0 Å². The van der Waals surface area contributed by atoms with Crippen LogP contribution in [0.15, 0.2) is 0 Å². The van der Waals surface area contributed by atoms with E-state index in [0.717, 1.165) is 63.2 Å². The second-order valence-corrected chi connectivity index (χ2v) is 9.61. The van der Waals surface area contributed by atoms with Gasteiger partial charge in [0.25, 0.3) is 0 Å². The normalized spacial score (nSPS) is 21.1. The molecule has 0 aliphatic heterocycles. The van der Waals surface area contributed by atoms with E-state index in [1.165, 1.54) is 38.5 Å². The molecule has 4 unspecified atom stereocenters. The summed E-state index contributed by atoms with van der Waals surface area (Å²) in [6, 6.07) is 0. The van der Waals surface area contributed by atoms with E-state index in [-0.39, 0.29) is 23.8 Å². The summed E-state index contributed by atoms with van der Waals surface area (Å²) in [4.78, 5) is 25.2. The molecule has 0 spiro atoms. The Morgan fingerprint density at radius 1 is 0.700 bits per heavy atom. The van der Waals surface area contributed by atoms with Crippen LogP contribution in [0.1, 0.15) is 118 Å². The van der Waals surface area contributed by atoms with Gasteiger partial charge >= 0.3 is 11.9 Å². The van der Waals surface area contributed by atoms with Crippen molar-refractivity contribution in [1.82, 2.24) is 0 Å². The van der Waals surface area contributed by atoms with E-state index in [1.54, 1.807) is 0 Å². The zero-order valence-corrected chi connectivity index (χ0v) is 20.3. The Balaban J connectivity index is 2.28. The maximum atomic E-state index is 12.6. The monoisotopic (exact) mass is 424 g/mol. The average molecular weight is 425 g/mol. The van der Waals surface area contributed by atoms with Crippen molar-refractivity contribution in [2.45, 2.75) is 118 Å². The van der Waals surface area contributed by atoms with E-state index in [4.69, 9.17) is 9.47 Å². The summed E-state index contributed by atoms with van der Waals surface area (Å²) in [5, 5.41) is 0. The molecular formula is C26H48O4. The summed E-state index contributed by atoms with van der Waals surface area (Å²) in [5.74, 6) is 0.499. The Kier molecular flexibility index (Phi) is 14.9. The van der Waals surface area contributed by atoms with E-state index in [0.29, 0.717) is 13.2 Å². The third-order valence-electron chi connectivity index (χ3n) is 6.61. The number of esters is 2. The lowest BCUT2D eigenvalue weighted by molar-refractivity contribution is -0.163. The van der Waals surface area contributed by atoms with Crippen LogP contribution in [0.3, 0.4) is 0 Å². The van der Waals surface area contributed by atoms with Gasteiger partial charge in [-0.3, -0.25) is 9.59 Å². The predicted octanol–water partition coefficient (Wildman–Crippen LogP) is 7.09. The fourth-order valence-electron chi connectivity index (χ4n) is 4.72. The van der Waals surface area contributed by atoms with Crippen LogP contribution in [0.5, 0.6) is 0 Å². The van der Waals surface area contributed by atoms with Crippen LogP contribution >= 0.6 is 0 Å². The summed E-state index contributed by atoms with van der Waals surface area (Å²) in [6.45, 7) is 9.98. The van der Waals surface area contributed by atoms with Gasteiger partial charge in [-0.25, -0.2) is 0 Å². The molecule has 0 amide bonds. The van der Waals surface area contributed by atoms with Crippen LogP contribution in [0, 0.1) is 23.7 Å². The number of carbonyl (C=O) groups excluding carboxylic acids is 2. The van der Waals surface area contributed by atoms with Crippen molar-refractivity contribution >= 4 is 11.9 Å². The molecule has 1 fully saturated rings. The lowest BCUT2D eigenvalue weighted by Crippen LogP contribution is -2.35. The first-order valence-corrected chi connectivity index (χ1v) is 12.8. The lowest BCUT2D eigenvalue weighted by Gasteiger charge is -2.28. The minimum Gasteiger partial charge on any atom is -0.465 e. The zero-order chi connectivity index (χ0) is 22.2. The van der Waals surface area contributed by atoms with Crippen molar-refractivity contribution in [2.75, 3.05) is 13.2 Å². The lowest BCUT2D eigenvalue weighted by atomic mass is 9.79. The molecule has 1 aliphatic carbocycles. The van der Waals surface area contributed by atoms with Crippen molar-refractivity contribution in [1.29, 1.82) is 0 Å². The highest BCUT2D eigenvalue weighted by molar-refractivity contribution is 5.82. The fourth-order valence-corrected chi connectivity index (χ4v) is 4.72. The molecular weight excluding hydrogens is 376 g/mol. The summed E-state index contributed by atoms with van der Waals surface area (Å²) >= 11 is 0. The van der Waals surface area contributed by atoms with Gasteiger partial charge < -0.3 is 9.47 Å². The van der Waals surface area contributed by atoms with Gasteiger partial charge in [-0.15, -0.1) is 0 Å². The van der Waals surface area contributed by atoms with Gasteiger partial charge in [0, 0.05) is 0 Å². The Bertz CT molecular complexity index is 420.